The maximum absolute atomic E-state index is 10.8. The molecule has 0 aliphatic rings. The monoisotopic (exact) mass is 180 g/mol. The van der Waals surface area contributed by atoms with E-state index in [2.05, 4.69) is 5.43 Å². The van der Waals surface area contributed by atoms with Gasteiger partial charge in [0.05, 0.1) is 0 Å². The second kappa shape index (κ2) is 3.43. The van der Waals surface area contributed by atoms with Crippen molar-refractivity contribution < 1.29 is 9.59 Å². The van der Waals surface area contributed by atoms with Crippen LogP contribution in [0, 0.1) is 13.8 Å². The van der Waals surface area contributed by atoms with Crippen molar-refractivity contribution in [2.24, 2.45) is 0 Å². The molecule has 13 heavy (non-hydrogen) atoms. The summed E-state index contributed by atoms with van der Waals surface area (Å²) < 4.78 is 1.60. The fraction of sp³-hybridized carbons (Fsp3) is 0.333. The molecule has 0 saturated carbocycles. The SMILES string of the molecule is CC(=O)Nn1c(C)cc(C=O)c1C. The van der Waals surface area contributed by atoms with E-state index in [9.17, 15) is 9.59 Å². The molecule has 0 aliphatic carbocycles. The van der Waals surface area contributed by atoms with Gasteiger partial charge in [-0.25, -0.2) is 0 Å². The Morgan fingerprint density at radius 3 is 2.54 bits per heavy atom. The van der Waals surface area contributed by atoms with E-state index in [-0.39, 0.29) is 5.91 Å². The molecule has 0 bridgehead atoms. The Labute approximate surface area is 76.5 Å². The lowest BCUT2D eigenvalue weighted by Gasteiger charge is -2.08. The second-order valence-electron chi connectivity index (χ2n) is 2.95. The quantitative estimate of drug-likeness (QED) is 0.690. The third-order valence-electron chi connectivity index (χ3n) is 1.87. The smallest absolute Gasteiger partial charge is 0.235 e. The van der Waals surface area contributed by atoms with Gasteiger partial charge in [0, 0.05) is 23.9 Å². The average Bonchev–Trinajstić information content (AvgIpc) is 2.31. The molecule has 1 heterocycles. The number of amides is 1. The maximum Gasteiger partial charge on any atom is 0.235 e. The van der Waals surface area contributed by atoms with Crippen LogP contribution in [0.2, 0.25) is 0 Å². The Morgan fingerprint density at radius 2 is 2.15 bits per heavy atom. The largest absolute Gasteiger partial charge is 0.298 e. The molecule has 1 rings (SSSR count). The van der Waals surface area contributed by atoms with E-state index in [0.717, 1.165) is 17.7 Å². The zero-order chi connectivity index (χ0) is 10.0. The van der Waals surface area contributed by atoms with E-state index in [1.165, 1.54) is 6.92 Å². The van der Waals surface area contributed by atoms with Crippen molar-refractivity contribution in [1.82, 2.24) is 4.68 Å². The summed E-state index contributed by atoms with van der Waals surface area (Å²) in [5.41, 5.74) is 4.81. The average molecular weight is 180 g/mol. The van der Waals surface area contributed by atoms with Crippen LogP contribution >= 0.6 is 0 Å². The molecule has 0 atom stereocenters. The Kier molecular flexibility index (Phi) is 2.51. The molecule has 0 radical (unpaired) electrons. The molecule has 0 fully saturated rings. The summed E-state index contributed by atoms with van der Waals surface area (Å²) in [4.78, 5) is 21.3. The van der Waals surface area contributed by atoms with Crippen LogP contribution in [0.1, 0.15) is 28.7 Å². The van der Waals surface area contributed by atoms with Crippen molar-refractivity contribution in [2.45, 2.75) is 20.8 Å². The summed E-state index contributed by atoms with van der Waals surface area (Å²) in [5, 5.41) is 0. The van der Waals surface area contributed by atoms with Gasteiger partial charge in [-0.05, 0) is 19.9 Å². The van der Waals surface area contributed by atoms with Gasteiger partial charge >= 0.3 is 0 Å². The van der Waals surface area contributed by atoms with Gasteiger partial charge in [0.25, 0.3) is 0 Å². The van der Waals surface area contributed by atoms with Crippen LogP contribution < -0.4 is 5.43 Å². The predicted octanol–water partition coefficient (Wildman–Crippen LogP) is 1.01. The molecule has 70 valence electrons. The Balaban J connectivity index is 3.12. The van der Waals surface area contributed by atoms with Crippen molar-refractivity contribution in [2.75, 3.05) is 5.43 Å². The number of hydrogen-bond donors (Lipinski definition) is 1. The van der Waals surface area contributed by atoms with Crippen LogP contribution in [-0.4, -0.2) is 16.9 Å². The highest BCUT2D eigenvalue weighted by Crippen LogP contribution is 2.10. The Morgan fingerprint density at radius 1 is 1.54 bits per heavy atom. The van der Waals surface area contributed by atoms with Crippen LogP contribution in [0.4, 0.5) is 0 Å². The van der Waals surface area contributed by atoms with Gasteiger partial charge in [-0.3, -0.25) is 19.7 Å². The number of carbonyl (C=O) groups excluding carboxylic acids is 2. The highest BCUT2D eigenvalue weighted by Gasteiger charge is 2.08. The fourth-order valence-electron chi connectivity index (χ4n) is 1.24. The molecule has 0 aromatic carbocycles. The summed E-state index contributed by atoms with van der Waals surface area (Å²) in [6.45, 7) is 5.04. The molecule has 1 amide bonds. The number of aromatic nitrogens is 1. The van der Waals surface area contributed by atoms with Crippen LogP contribution in [-0.2, 0) is 4.79 Å². The first kappa shape index (κ1) is 9.51. The number of rotatable bonds is 2. The van der Waals surface area contributed by atoms with Crippen LogP contribution in [0.25, 0.3) is 0 Å². The maximum atomic E-state index is 10.8. The first-order valence-corrected chi connectivity index (χ1v) is 3.98. The first-order chi connectivity index (χ1) is 6.06. The molecular formula is C9H12N2O2. The molecular weight excluding hydrogens is 168 g/mol. The van der Waals surface area contributed by atoms with E-state index in [4.69, 9.17) is 0 Å². The fourth-order valence-corrected chi connectivity index (χ4v) is 1.24. The highest BCUT2D eigenvalue weighted by molar-refractivity contribution is 5.82. The van der Waals surface area contributed by atoms with Gasteiger partial charge in [0.1, 0.15) is 0 Å². The van der Waals surface area contributed by atoms with Gasteiger partial charge in [-0.1, -0.05) is 0 Å². The van der Waals surface area contributed by atoms with E-state index in [0.29, 0.717) is 5.56 Å². The third kappa shape index (κ3) is 1.77. The molecule has 0 saturated heterocycles. The van der Waals surface area contributed by atoms with E-state index < -0.39 is 0 Å². The number of hydrogen-bond acceptors (Lipinski definition) is 2. The second-order valence-corrected chi connectivity index (χ2v) is 2.95. The lowest BCUT2D eigenvalue weighted by atomic mass is 10.3. The van der Waals surface area contributed by atoms with Crippen molar-refractivity contribution in [1.29, 1.82) is 0 Å². The molecule has 4 heteroatoms. The summed E-state index contributed by atoms with van der Waals surface area (Å²) in [6.07, 6.45) is 0.778. The molecule has 4 nitrogen and oxygen atoms in total. The third-order valence-corrected chi connectivity index (χ3v) is 1.87. The van der Waals surface area contributed by atoms with Crippen molar-refractivity contribution in [3.63, 3.8) is 0 Å². The molecule has 0 unspecified atom stereocenters. The molecule has 1 N–H and O–H groups in total. The highest BCUT2D eigenvalue weighted by atomic mass is 16.2. The summed E-state index contributed by atoms with van der Waals surface area (Å²) in [6, 6.07) is 1.73. The Hall–Kier alpha value is -1.58. The normalized spacial score (nSPS) is 9.77. The summed E-state index contributed by atoms with van der Waals surface area (Å²) in [5.74, 6) is -0.153. The van der Waals surface area contributed by atoms with Crippen molar-refractivity contribution >= 4 is 12.2 Å². The minimum absolute atomic E-state index is 0.153. The Bertz CT molecular complexity index is 353. The van der Waals surface area contributed by atoms with E-state index in [1.54, 1.807) is 17.7 Å². The number of nitrogens with zero attached hydrogens (tertiary/aromatic N) is 1. The lowest BCUT2D eigenvalue weighted by Crippen LogP contribution is -2.21. The van der Waals surface area contributed by atoms with Gasteiger partial charge in [-0.2, -0.15) is 0 Å². The van der Waals surface area contributed by atoms with E-state index >= 15 is 0 Å². The summed E-state index contributed by atoms with van der Waals surface area (Å²) >= 11 is 0. The zero-order valence-electron chi connectivity index (χ0n) is 7.92. The molecule has 0 spiro atoms. The minimum Gasteiger partial charge on any atom is -0.298 e. The first-order valence-electron chi connectivity index (χ1n) is 3.98. The minimum atomic E-state index is -0.153. The summed E-state index contributed by atoms with van der Waals surface area (Å²) in [7, 11) is 0. The number of aldehydes is 1. The zero-order valence-corrected chi connectivity index (χ0v) is 7.92. The number of nitrogens with one attached hydrogen (secondary N) is 1. The predicted molar refractivity (Wildman–Crippen MR) is 49.3 cm³/mol. The topological polar surface area (TPSA) is 51.1 Å². The van der Waals surface area contributed by atoms with Gasteiger partial charge in [-0.15, -0.1) is 0 Å². The van der Waals surface area contributed by atoms with Crippen LogP contribution in [0.15, 0.2) is 6.07 Å². The lowest BCUT2D eigenvalue weighted by molar-refractivity contribution is -0.115. The van der Waals surface area contributed by atoms with Crippen molar-refractivity contribution in [3.8, 4) is 0 Å². The standard InChI is InChI=1S/C9H12N2O2/c1-6-4-9(5-12)7(2)11(6)10-8(3)13/h4-5H,1-3H3,(H,10,13). The number of carbonyl (C=O) groups is 2. The van der Waals surface area contributed by atoms with Gasteiger partial charge in [0.15, 0.2) is 6.29 Å². The van der Waals surface area contributed by atoms with Gasteiger partial charge < -0.3 is 0 Å². The molecule has 1 aromatic rings. The number of aryl methyl sites for hydroxylation is 1. The van der Waals surface area contributed by atoms with Crippen molar-refractivity contribution in [3.05, 3.63) is 23.0 Å². The van der Waals surface area contributed by atoms with Crippen LogP contribution in [0.5, 0.6) is 0 Å². The van der Waals surface area contributed by atoms with Gasteiger partial charge in [0.2, 0.25) is 5.91 Å². The molecule has 1 aromatic heterocycles. The van der Waals surface area contributed by atoms with Crippen LogP contribution in [0.3, 0.4) is 0 Å². The molecule has 0 aliphatic heterocycles. The van der Waals surface area contributed by atoms with E-state index in [1.807, 2.05) is 6.92 Å².